The Labute approximate surface area is 97.1 Å². The monoisotopic (exact) mass is 214 g/mol. The Morgan fingerprint density at radius 3 is 2.31 bits per heavy atom. The SMILES string of the molecule is CC(C)(C)COc1ccc2ccccc2c1. The Morgan fingerprint density at radius 2 is 1.62 bits per heavy atom. The second-order valence-electron chi connectivity index (χ2n) is 5.36. The highest BCUT2D eigenvalue weighted by molar-refractivity contribution is 5.83. The first-order valence-corrected chi connectivity index (χ1v) is 5.66. The lowest BCUT2D eigenvalue weighted by Crippen LogP contribution is -2.16. The molecule has 0 heterocycles. The molecule has 16 heavy (non-hydrogen) atoms. The second kappa shape index (κ2) is 4.17. The lowest BCUT2D eigenvalue weighted by Gasteiger charge is -2.18. The average molecular weight is 214 g/mol. The summed E-state index contributed by atoms with van der Waals surface area (Å²) in [7, 11) is 0. The fraction of sp³-hybridized carbons (Fsp3) is 0.333. The molecular weight excluding hydrogens is 196 g/mol. The lowest BCUT2D eigenvalue weighted by atomic mass is 9.99. The number of fused-ring (bicyclic) bond motifs is 1. The molecule has 0 amide bonds. The molecule has 0 bridgehead atoms. The van der Waals surface area contributed by atoms with Gasteiger partial charge in [0.1, 0.15) is 5.75 Å². The van der Waals surface area contributed by atoms with Crippen LogP contribution >= 0.6 is 0 Å². The van der Waals surface area contributed by atoms with Crippen LogP contribution in [0.25, 0.3) is 10.8 Å². The van der Waals surface area contributed by atoms with Gasteiger partial charge in [0.25, 0.3) is 0 Å². The molecule has 2 rings (SSSR count). The molecule has 0 aliphatic heterocycles. The molecule has 0 aliphatic carbocycles. The van der Waals surface area contributed by atoms with Gasteiger partial charge in [0, 0.05) is 0 Å². The quantitative estimate of drug-likeness (QED) is 0.725. The van der Waals surface area contributed by atoms with Crippen molar-refractivity contribution in [1.29, 1.82) is 0 Å². The van der Waals surface area contributed by atoms with Gasteiger partial charge in [0.05, 0.1) is 6.61 Å². The molecule has 0 radical (unpaired) electrons. The predicted molar refractivity (Wildman–Crippen MR) is 68.9 cm³/mol. The molecule has 0 spiro atoms. The maximum Gasteiger partial charge on any atom is 0.119 e. The van der Waals surface area contributed by atoms with Crippen molar-refractivity contribution in [2.45, 2.75) is 20.8 Å². The van der Waals surface area contributed by atoms with Crippen molar-refractivity contribution in [2.75, 3.05) is 6.61 Å². The maximum absolute atomic E-state index is 5.78. The van der Waals surface area contributed by atoms with Crippen LogP contribution in [-0.2, 0) is 0 Å². The molecule has 0 atom stereocenters. The Kier molecular flexibility index (Phi) is 2.86. The molecule has 0 N–H and O–H groups in total. The smallest absolute Gasteiger partial charge is 0.119 e. The van der Waals surface area contributed by atoms with Gasteiger partial charge in [0.2, 0.25) is 0 Å². The first-order valence-electron chi connectivity index (χ1n) is 5.66. The number of rotatable bonds is 2. The largest absolute Gasteiger partial charge is 0.493 e. The van der Waals surface area contributed by atoms with Gasteiger partial charge in [0.15, 0.2) is 0 Å². The van der Waals surface area contributed by atoms with Crippen LogP contribution in [0.3, 0.4) is 0 Å². The van der Waals surface area contributed by atoms with E-state index >= 15 is 0 Å². The number of benzene rings is 2. The van der Waals surface area contributed by atoms with Crippen LogP contribution < -0.4 is 4.74 Å². The lowest BCUT2D eigenvalue weighted by molar-refractivity contribution is 0.198. The summed E-state index contributed by atoms with van der Waals surface area (Å²) in [4.78, 5) is 0. The standard InChI is InChI=1S/C15H18O/c1-15(2,3)11-16-14-9-8-12-6-4-5-7-13(12)10-14/h4-10H,11H2,1-3H3. The zero-order valence-corrected chi connectivity index (χ0v) is 10.2. The fourth-order valence-electron chi connectivity index (χ4n) is 1.56. The van der Waals surface area contributed by atoms with E-state index in [1.54, 1.807) is 0 Å². The summed E-state index contributed by atoms with van der Waals surface area (Å²) in [5.74, 6) is 0.952. The topological polar surface area (TPSA) is 9.23 Å². The van der Waals surface area contributed by atoms with Crippen LogP contribution in [0.15, 0.2) is 42.5 Å². The van der Waals surface area contributed by atoms with Crippen molar-refractivity contribution in [1.82, 2.24) is 0 Å². The molecule has 84 valence electrons. The molecule has 0 aliphatic rings. The summed E-state index contributed by atoms with van der Waals surface area (Å²) in [5.41, 5.74) is 0.200. The number of hydrogen-bond acceptors (Lipinski definition) is 1. The highest BCUT2D eigenvalue weighted by Crippen LogP contribution is 2.22. The third-order valence-corrected chi connectivity index (χ3v) is 2.39. The van der Waals surface area contributed by atoms with Crippen molar-refractivity contribution in [2.24, 2.45) is 5.41 Å². The molecular formula is C15H18O. The van der Waals surface area contributed by atoms with E-state index in [9.17, 15) is 0 Å². The predicted octanol–water partition coefficient (Wildman–Crippen LogP) is 4.26. The Bertz CT molecular complexity index is 480. The van der Waals surface area contributed by atoms with E-state index in [1.165, 1.54) is 10.8 Å². The van der Waals surface area contributed by atoms with Crippen molar-refractivity contribution in [3.05, 3.63) is 42.5 Å². The highest BCUT2D eigenvalue weighted by Gasteiger charge is 2.10. The van der Waals surface area contributed by atoms with Crippen molar-refractivity contribution >= 4 is 10.8 Å². The maximum atomic E-state index is 5.78. The van der Waals surface area contributed by atoms with Crippen LogP contribution in [0.2, 0.25) is 0 Å². The van der Waals surface area contributed by atoms with Crippen molar-refractivity contribution < 1.29 is 4.74 Å². The Balaban J connectivity index is 2.20. The molecule has 0 aromatic heterocycles. The van der Waals surface area contributed by atoms with Gasteiger partial charge in [-0.3, -0.25) is 0 Å². The zero-order chi connectivity index (χ0) is 11.6. The summed E-state index contributed by atoms with van der Waals surface area (Å²) < 4.78 is 5.78. The molecule has 0 fully saturated rings. The first-order chi connectivity index (χ1) is 7.54. The van der Waals surface area contributed by atoms with Crippen LogP contribution in [0.4, 0.5) is 0 Å². The molecule has 2 aromatic carbocycles. The summed E-state index contributed by atoms with van der Waals surface area (Å²) in [6.45, 7) is 7.27. The molecule has 1 nitrogen and oxygen atoms in total. The van der Waals surface area contributed by atoms with Crippen LogP contribution in [0, 0.1) is 5.41 Å². The molecule has 0 unspecified atom stereocenters. The van der Waals surface area contributed by atoms with E-state index < -0.39 is 0 Å². The van der Waals surface area contributed by atoms with Gasteiger partial charge in [-0.25, -0.2) is 0 Å². The highest BCUT2D eigenvalue weighted by atomic mass is 16.5. The van der Waals surface area contributed by atoms with E-state index in [4.69, 9.17) is 4.74 Å². The van der Waals surface area contributed by atoms with Crippen LogP contribution in [0.5, 0.6) is 5.75 Å². The normalized spacial score (nSPS) is 11.7. The zero-order valence-electron chi connectivity index (χ0n) is 10.2. The summed E-state index contributed by atoms with van der Waals surface area (Å²) in [6.07, 6.45) is 0. The molecule has 0 saturated carbocycles. The molecule has 2 aromatic rings. The Hall–Kier alpha value is -1.50. The second-order valence-corrected chi connectivity index (χ2v) is 5.36. The summed E-state index contributed by atoms with van der Waals surface area (Å²) >= 11 is 0. The third-order valence-electron chi connectivity index (χ3n) is 2.39. The van der Waals surface area contributed by atoms with Crippen LogP contribution in [0.1, 0.15) is 20.8 Å². The molecule has 0 saturated heterocycles. The average Bonchev–Trinajstić information content (AvgIpc) is 2.25. The minimum absolute atomic E-state index is 0.200. The van der Waals surface area contributed by atoms with Crippen molar-refractivity contribution in [3.63, 3.8) is 0 Å². The van der Waals surface area contributed by atoms with E-state index in [0.717, 1.165) is 12.4 Å². The van der Waals surface area contributed by atoms with Gasteiger partial charge < -0.3 is 4.74 Å². The van der Waals surface area contributed by atoms with Gasteiger partial charge in [-0.05, 0) is 28.3 Å². The summed E-state index contributed by atoms with van der Waals surface area (Å²) in [5, 5.41) is 2.49. The third kappa shape index (κ3) is 2.75. The minimum Gasteiger partial charge on any atom is -0.493 e. The van der Waals surface area contributed by atoms with Gasteiger partial charge in [-0.1, -0.05) is 51.1 Å². The van der Waals surface area contributed by atoms with Gasteiger partial charge >= 0.3 is 0 Å². The van der Waals surface area contributed by atoms with E-state index in [2.05, 4.69) is 57.2 Å². The van der Waals surface area contributed by atoms with Gasteiger partial charge in [-0.15, -0.1) is 0 Å². The minimum atomic E-state index is 0.200. The van der Waals surface area contributed by atoms with Crippen molar-refractivity contribution in [3.8, 4) is 5.75 Å². The number of ether oxygens (including phenoxy) is 1. The van der Waals surface area contributed by atoms with E-state index in [-0.39, 0.29) is 5.41 Å². The Morgan fingerprint density at radius 1 is 0.938 bits per heavy atom. The van der Waals surface area contributed by atoms with E-state index in [0.29, 0.717) is 0 Å². The summed E-state index contributed by atoms with van der Waals surface area (Å²) in [6, 6.07) is 14.6. The fourth-order valence-corrected chi connectivity index (χ4v) is 1.56. The first kappa shape index (κ1) is 11.0. The number of hydrogen-bond donors (Lipinski definition) is 0. The van der Waals surface area contributed by atoms with E-state index in [1.807, 2.05) is 6.07 Å². The van der Waals surface area contributed by atoms with Gasteiger partial charge in [-0.2, -0.15) is 0 Å². The van der Waals surface area contributed by atoms with Crippen LogP contribution in [-0.4, -0.2) is 6.61 Å². The molecule has 1 heteroatoms.